The van der Waals surface area contributed by atoms with Gasteiger partial charge in [-0.1, -0.05) is 96.3 Å². The highest BCUT2D eigenvalue weighted by atomic mass is 16.1. The third kappa shape index (κ3) is 8.53. The predicted molar refractivity (Wildman–Crippen MR) is 103 cm³/mol. The summed E-state index contributed by atoms with van der Waals surface area (Å²) in [6.45, 7) is 0. The van der Waals surface area contributed by atoms with E-state index in [1.807, 2.05) is 0 Å². The van der Waals surface area contributed by atoms with Crippen LogP contribution in [0.15, 0.2) is 0 Å². The molecule has 0 saturated heterocycles. The SMILES string of the molecule is O=C(NC1CCCCCCCCCC1)C1CCCCCCCCC1. The fourth-order valence-electron chi connectivity index (χ4n) is 4.52. The Kier molecular flexibility index (Phi) is 10.5. The van der Waals surface area contributed by atoms with Crippen LogP contribution in [0, 0.1) is 5.92 Å². The van der Waals surface area contributed by atoms with E-state index in [0.717, 1.165) is 12.8 Å². The zero-order valence-corrected chi connectivity index (χ0v) is 16.0. The molecular formula is C22H41NO. The molecule has 2 fully saturated rings. The minimum Gasteiger partial charge on any atom is -0.353 e. The molecule has 2 saturated carbocycles. The molecule has 0 bridgehead atoms. The van der Waals surface area contributed by atoms with Crippen molar-refractivity contribution < 1.29 is 4.79 Å². The third-order valence-corrected chi connectivity index (χ3v) is 6.18. The lowest BCUT2D eigenvalue weighted by atomic mass is 9.91. The van der Waals surface area contributed by atoms with Gasteiger partial charge >= 0.3 is 0 Å². The molecule has 0 aromatic rings. The highest BCUT2D eigenvalue weighted by Crippen LogP contribution is 2.23. The minimum absolute atomic E-state index is 0.293. The van der Waals surface area contributed by atoms with E-state index in [1.165, 1.54) is 109 Å². The Labute approximate surface area is 150 Å². The van der Waals surface area contributed by atoms with Gasteiger partial charge < -0.3 is 5.32 Å². The molecular weight excluding hydrogens is 294 g/mol. The first-order chi connectivity index (χ1) is 11.9. The summed E-state index contributed by atoms with van der Waals surface area (Å²) >= 11 is 0. The second-order valence-corrected chi connectivity index (χ2v) is 8.36. The zero-order valence-electron chi connectivity index (χ0n) is 16.0. The van der Waals surface area contributed by atoms with E-state index >= 15 is 0 Å². The number of rotatable bonds is 2. The largest absolute Gasteiger partial charge is 0.353 e. The first kappa shape index (κ1) is 19.8. The van der Waals surface area contributed by atoms with Crippen LogP contribution in [0.1, 0.15) is 122 Å². The standard InChI is InChI=1S/C22H41NO/c24-22(20-16-12-8-4-3-5-9-13-17-20)23-21-18-14-10-6-1-2-7-11-15-19-21/h20-21H,1-19H2,(H,23,24). The quantitative estimate of drug-likeness (QED) is 0.611. The van der Waals surface area contributed by atoms with Crippen LogP contribution >= 0.6 is 0 Å². The van der Waals surface area contributed by atoms with Crippen molar-refractivity contribution in [1.29, 1.82) is 0 Å². The molecule has 2 rings (SSSR count). The van der Waals surface area contributed by atoms with Crippen LogP contribution in [0.4, 0.5) is 0 Å². The Morgan fingerprint density at radius 1 is 0.500 bits per heavy atom. The summed E-state index contributed by atoms with van der Waals surface area (Å²) in [6, 6.07) is 0.450. The molecule has 2 heteroatoms. The normalized spacial score (nSPS) is 24.7. The second kappa shape index (κ2) is 12.8. The Hall–Kier alpha value is -0.530. The highest BCUT2D eigenvalue weighted by Gasteiger charge is 2.21. The van der Waals surface area contributed by atoms with Crippen LogP contribution in [0.3, 0.4) is 0 Å². The molecule has 2 aliphatic carbocycles. The van der Waals surface area contributed by atoms with Gasteiger partial charge in [-0.15, -0.1) is 0 Å². The van der Waals surface area contributed by atoms with Crippen molar-refractivity contribution in [3.63, 3.8) is 0 Å². The van der Waals surface area contributed by atoms with E-state index in [9.17, 15) is 4.79 Å². The van der Waals surface area contributed by atoms with Gasteiger partial charge in [0.05, 0.1) is 0 Å². The summed E-state index contributed by atoms with van der Waals surface area (Å²) in [5.74, 6) is 0.678. The summed E-state index contributed by atoms with van der Waals surface area (Å²) in [5, 5.41) is 3.47. The van der Waals surface area contributed by atoms with Crippen LogP contribution in [-0.2, 0) is 4.79 Å². The van der Waals surface area contributed by atoms with Crippen LogP contribution in [0.25, 0.3) is 0 Å². The van der Waals surface area contributed by atoms with Crippen LogP contribution in [-0.4, -0.2) is 11.9 Å². The molecule has 0 aromatic carbocycles. The molecule has 1 N–H and O–H groups in total. The second-order valence-electron chi connectivity index (χ2n) is 8.36. The molecule has 0 radical (unpaired) electrons. The van der Waals surface area contributed by atoms with Crippen molar-refractivity contribution in [2.45, 2.75) is 128 Å². The van der Waals surface area contributed by atoms with Crippen LogP contribution in [0.2, 0.25) is 0 Å². The fraction of sp³-hybridized carbons (Fsp3) is 0.955. The summed E-state index contributed by atoms with van der Waals surface area (Å²) in [6.07, 6.45) is 24.9. The molecule has 2 aliphatic rings. The molecule has 0 aromatic heterocycles. The van der Waals surface area contributed by atoms with Gasteiger partial charge in [0.2, 0.25) is 5.91 Å². The van der Waals surface area contributed by atoms with Crippen molar-refractivity contribution in [2.75, 3.05) is 0 Å². The first-order valence-electron chi connectivity index (χ1n) is 11.2. The number of carbonyl (C=O) groups is 1. The van der Waals surface area contributed by atoms with E-state index in [0.29, 0.717) is 17.9 Å². The number of carbonyl (C=O) groups excluding carboxylic acids is 1. The Bertz CT molecular complexity index is 306. The number of hydrogen-bond donors (Lipinski definition) is 1. The van der Waals surface area contributed by atoms with E-state index in [1.54, 1.807) is 0 Å². The van der Waals surface area contributed by atoms with Gasteiger partial charge in [0.15, 0.2) is 0 Å². The molecule has 0 heterocycles. The topological polar surface area (TPSA) is 29.1 Å². The average Bonchev–Trinajstić information content (AvgIpc) is 2.65. The van der Waals surface area contributed by atoms with Gasteiger partial charge in [-0.2, -0.15) is 0 Å². The van der Waals surface area contributed by atoms with Crippen molar-refractivity contribution >= 4 is 5.91 Å². The van der Waals surface area contributed by atoms with Crippen molar-refractivity contribution in [2.24, 2.45) is 5.92 Å². The Morgan fingerprint density at radius 3 is 1.25 bits per heavy atom. The van der Waals surface area contributed by atoms with E-state index in [2.05, 4.69) is 5.32 Å². The van der Waals surface area contributed by atoms with E-state index in [-0.39, 0.29) is 0 Å². The zero-order chi connectivity index (χ0) is 16.9. The number of amides is 1. The smallest absolute Gasteiger partial charge is 0.223 e. The predicted octanol–water partition coefficient (Wildman–Crippen LogP) is 6.53. The van der Waals surface area contributed by atoms with E-state index in [4.69, 9.17) is 0 Å². The Morgan fingerprint density at radius 2 is 0.833 bits per heavy atom. The lowest BCUT2D eigenvalue weighted by Gasteiger charge is -2.23. The molecule has 140 valence electrons. The maximum Gasteiger partial charge on any atom is 0.223 e. The maximum absolute atomic E-state index is 12.8. The molecule has 0 spiro atoms. The van der Waals surface area contributed by atoms with Gasteiger partial charge in [0.25, 0.3) is 0 Å². The minimum atomic E-state index is 0.293. The number of hydrogen-bond acceptors (Lipinski definition) is 1. The number of nitrogens with one attached hydrogen (secondary N) is 1. The van der Waals surface area contributed by atoms with E-state index < -0.39 is 0 Å². The van der Waals surface area contributed by atoms with Gasteiger partial charge in [0, 0.05) is 12.0 Å². The first-order valence-corrected chi connectivity index (χ1v) is 11.2. The lowest BCUT2D eigenvalue weighted by Crippen LogP contribution is -2.39. The van der Waals surface area contributed by atoms with Crippen molar-refractivity contribution in [1.82, 2.24) is 5.32 Å². The summed E-state index contributed by atoms with van der Waals surface area (Å²) < 4.78 is 0. The van der Waals surface area contributed by atoms with Gasteiger partial charge in [-0.3, -0.25) is 4.79 Å². The maximum atomic E-state index is 12.8. The van der Waals surface area contributed by atoms with Crippen LogP contribution in [0.5, 0.6) is 0 Å². The summed E-state index contributed by atoms with van der Waals surface area (Å²) in [4.78, 5) is 12.8. The highest BCUT2D eigenvalue weighted by molar-refractivity contribution is 5.78. The van der Waals surface area contributed by atoms with Crippen molar-refractivity contribution in [3.05, 3.63) is 0 Å². The summed E-state index contributed by atoms with van der Waals surface area (Å²) in [5.41, 5.74) is 0. The summed E-state index contributed by atoms with van der Waals surface area (Å²) in [7, 11) is 0. The third-order valence-electron chi connectivity index (χ3n) is 6.18. The van der Waals surface area contributed by atoms with Gasteiger partial charge in [-0.05, 0) is 25.7 Å². The monoisotopic (exact) mass is 335 g/mol. The van der Waals surface area contributed by atoms with Gasteiger partial charge in [-0.25, -0.2) is 0 Å². The average molecular weight is 336 g/mol. The van der Waals surface area contributed by atoms with Crippen LogP contribution < -0.4 is 5.32 Å². The molecule has 0 unspecified atom stereocenters. The fourth-order valence-corrected chi connectivity index (χ4v) is 4.52. The van der Waals surface area contributed by atoms with Gasteiger partial charge in [0.1, 0.15) is 0 Å². The molecule has 0 aliphatic heterocycles. The van der Waals surface area contributed by atoms with Crippen molar-refractivity contribution in [3.8, 4) is 0 Å². The lowest BCUT2D eigenvalue weighted by molar-refractivity contribution is -0.126. The molecule has 1 amide bonds. The molecule has 24 heavy (non-hydrogen) atoms. The molecule has 0 atom stereocenters. The Balaban J connectivity index is 1.79. The molecule has 2 nitrogen and oxygen atoms in total.